The minimum absolute atomic E-state index is 0.303. The lowest BCUT2D eigenvalue weighted by atomic mass is 10.0. The van der Waals surface area contributed by atoms with Gasteiger partial charge in [0, 0.05) is 0 Å². The molecule has 0 aliphatic rings. The Labute approximate surface area is 96.7 Å². The fourth-order valence-electron chi connectivity index (χ4n) is 1.26. The van der Waals surface area contributed by atoms with E-state index in [1.165, 1.54) is 0 Å². The molecule has 94 valence electrons. The first-order valence-electron chi connectivity index (χ1n) is 5.61. The van der Waals surface area contributed by atoms with E-state index in [1.807, 2.05) is 13.8 Å². The summed E-state index contributed by atoms with van der Waals surface area (Å²) in [5.74, 6) is -0.402. The van der Waals surface area contributed by atoms with Gasteiger partial charge in [0.1, 0.15) is 6.04 Å². The molecular weight excluding hydrogens is 208 g/mol. The first-order valence-corrected chi connectivity index (χ1v) is 5.61. The Morgan fingerprint density at radius 3 is 2.31 bits per heavy atom. The Hall–Kier alpha value is -1.10. The molecule has 0 fully saturated rings. The summed E-state index contributed by atoms with van der Waals surface area (Å²) in [5.41, 5.74) is 5.68. The van der Waals surface area contributed by atoms with Crippen molar-refractivity contribution in [3.05, 3.63) is 0 Å². The Morgan fingerprint density at radius 2 is 1.88 bits per heavy atom. The molecule has 0 radical (unpaired) electrons. The van der Waals surface area contributed by atoms with E-state index in [0.717, 1.165) is 0 Å². The SMILES string of the molecule is CCOC(=O)C(C)NC(=O)[C@@H](N)CC(C)C. The monoisotopic (exact) mass is 230 g/mol. The molecule has 0 aromatic carbocycles. The summed E-state index contributed by atoms with van der Waals surface area (Å²) in [6, 6.07) is -1.22. The van der Waals surface area contributed by atoms with Crippen molar-refractivity contribution in [1.82, 2.24) is 5.32 Å². The molecule has 2 atom stereocenters. The van der Waals surface area contributed by atoms with Crippen LogP contribution in [-0.4, -0.2) is 30.6 Å². The van der Waals surface area contributed by atoms with Crippen molar-refractivity contribution in [2.75, 3.05) is 6.61 Å². The molecule has 0 bridgehead atoms. The van der Waals surface area contributed by atoms with Crippen LogP contribution in [0.4, 0.5) is 0 Å². The molecule has 0 aromatic heterocycles. The lowest BCUT2D eigenvalue weighted by Gasteiger charge is -2.17. The van der Waals surface area contributed by atoms with Crippen LogP contribution in [0.1, 0.15) is 34.1 Å². The predicted molar refractivity (Wildman–Crippen MR) is 61.7 cm³/mol. The smallest absolute Gasteiger partial charge is 0.328 e. The van der Waals surface area contributed by atoms with E-state index >= 15 is 0 Å². The lowest BCUT2D eigenvalue weighted by molar-refractivity contribution is -0.147. The zero-order valence-electron chi connectivity index (χ0n) is 10.4. The molecule has 5 nitrogen and oxygen atoms in total. The number of amides is 1. The Kier molecular flexibility index (Phi) is 6.72. The molecule has 3 N–H and O–H groups in total. The third kappa shape index (κ3) is 5.70. The molecular formula is C11H22N2O3. The van der Waals surface area contributed by atoms with Gasteiger partial charge in [-0.1, -0.05) is 13.8 Å². The van der Waals surface area contributed by atoms with Crippen LogP contribution in [0, 0.1) is 5.92 Å². The molecule has 0 spiro atoms. The minimum atomic E-state index is -0.648. The number of carbonyl (C=O) groups is 2. The Balaban J connectivity index is 4.08. The maximum atomic E-state index is 11.6. The van der Waals surface area contributed by atoms with Crippen molar-refractivity contribution in [2.45, 2.75) is 46.2 Å². The highest BCUT2D eigenvalue weighted by Crippen LogP contribution is 2.03. The van der Waals surface area contributed by atoms with Crippen molar-refractivity contribution in [3.8, 4) is 0 Å². The lowest BCUT2D eigenvalue weighted by Crippen LogP contribution is -2.48. The van der Waals surface area contributed by atoms with Gasteiger partial charge in [-0.3, -0.25) is 4.79 Å². The van der Waals surface area contributed by atoms with Crippen LogP contribution in [0.5, 0.6) is 0 Å². The number of esters is 1. The van der Waals surface area contributed by atoms with Gasteiger partial charge in [-0.05, 0) is 26.2 Å². The molecule has 1 unspecified atom stereocenters. The highest BCUT2D eigenvalue weighted by atomic mass is 16.5. The quantitative estimate of drug-likeness (QED) is 0.648. The molecule has 0 aromatic rings. The number of hydrogen-bond acceptors (Lipinski definition) is 4. The number of nitrogens with one attached hydrogen (secondary N) is 1. The molecule has 5 heteroatoms. The van der Waals surface area contributed by atoms with Crippen LogP contribution in [0.15, 0.2) is 0 Å². The first kappa shape index (κ1) is 14.9. The summed E-state index contributed by atoms with van der Waals surface area (Å²) in [5, 5.41) is 2.53. The highest BCUT2D eigenvalue weighted by molar-refractivity contribution is 5.87. The van der Waals surface area contributed by atoms with Crippen molar-refractivity contribution < 1.29 is 14.3 Å². The van der Waals surface area contributed by atoms with Gasteiger partial charge in [-0.2, -0.15) is 0 Å². The van der Waals surface area contributed by atoms with Gasteiger partial charge in [0.15, 0.2) is 0 Å². The average Bonchev–Trinajstić information content (AvgIpc) is 2.16. The fourth-order valence-corrected chi connectivity index (χ4v) is 1.26. The standard InChI is InChI=1S/C11H22N2O3/c1-5-16-11(15)8(4)13-10(14)9(12)6-7(2)3/h7-9H,5-6,12H2,1-4H3,(H,13,14)/t8?,9-/m0/s1. The van der Waals surface area contributed by atoms with E-state index in [2.05, 4.69) is 5.32 Å². The van der Waals surface area contributed by atoms with Gasteiger partial charge < -0.3 is 15.8 Å². The van der Waals surface area contributed by atoms with Gasteiger partial charge in [-0.25, -0.2) is 4.79 Å². The molecule has 0 aliphatic carbocycles. The molecule has 0 rings (SSSR count). The maximum absolute atomic E-state index is 11.6. The Morgan fingerprint density at radius 1 is 1.31 bits per heavy atom. The van der Waals surface area contributed by atoms with Crippen molar-refractivity contribution in [1.29, 1.82) is 0 Å². The molecule has 0 saturated heterocycles. The molecule has 0 aliphatic heterocycles. The van der Waals surface area contributed by atoms with Crippen molar-refractivity contribution >= 4 is 11.9 Å². The fraction of sp³-hybridized carbons (Fsp3) is 0.818. The van der Waals surface area contributed by atoms with Gasteiger partial charge in [0.05, 0.1) is 12.6 Å². The van der Waals surface area contributed by atoms with Gasteiger partial charge in [0.2, 0.25) is 5.91 Å². The zero-order valence-corrected chi connectivity index (χ0v) is 10.4. The molecule has 16 heavy (non-hydrogen) atoms. The van der Waals surface area contributed by atoms with E-state index in [-0.39, 0.29) is 5.91 Å². The molecule has 0 heterocycles. The second-order valence-corrected chi connectivity index (χ2v) is 4.22. The predicted octanol–water partition coefficient (Wildman–Crippen LogP) is 0.428. The normalized spacial score (nSPS) is 14.4. The first-order chi connectivity index (χ1) is 7.38. The zero-order chi connectivity index (χ0) is 12.7. The number of hydrogen-bond donors (Lipinski definition) is 2. The summed E-state index contributed by atoms with van der Waals surface area (Å²) in [7, 11) is 0. The number of ether oxygens (including phenoxy) is 1. The summed E-state index contributed by atoms with van der Waals surface area (Å²) >= 11 is 0. The van der Waals surface area contributed by atoms with Crippen molar-refractivity contribution in [2.24, 2.45) is 11.7 Å². The van der Waals surface area contributed by atoms with Gasteiger partial charge >= 0.3 is 5.97 Å². The minimum Gasteiger partial charge on any atom is -0.464 e. The third-order valence-corrected chi connectivity index (χ3v) is 2.06. The summed E-state index contributed by atoms with van der Waals surface area (Å²) in [6.07, 6.45) is 0.599. The van der Waals surface area contributed by atoms with E-state index in [1.54, 1.807) is 13.8 Å². The average molecular weight is 230 g/mol. The third-order valence-electron chi connectivity index (χ3n) is 2.06. The number of nitrogens with two attached hydrogens (primary N) is 1. The second kappa shape index (κ2) is 7.22. The Bertz CT molecular complexity index is 241. The largest absolute Gasteiger partial charge is 0.464 e. The summed E-state index contributed by atoms with van der Waals surface area (Å²) in [4.78, 5) is 22.8. The molecule has 1 amide bonds. The van der Waals surface area contributed by atoms with E-state index in [4.69, 9.17) is 10.5 Å². The van der Waals surface area contributed by atoms with Gasteiger partial charge in [-0.15, -0.1) is 0 Å². The number of carbonyl (C=O) groups excluding carboxylic acids is 2. The van der Waals surface area contributed by atoms with Crippen LogP contribution in [0.3, 0.4) is 0 Å². The second-order valence-electron chi connectivity index (χ2n) is 4.22. The number of rotatable bonds is 6. The maximum Gasteiger partial charge on any atom is 0.328 e. The van der Waals surface area contributed by atoms with Crippen molar-refractivity contribution in [3.63, 3.8) is 0 Å². The van der Waals surface area contributed by atoms with Crippen LogP contribution >= 0.6 is 0 Å². The molecule has 0 saturated carbocycles. The van der Waals surface area contributed by atoms with Gasteiger partial charge in [0.25, 0.3) is 0 Å². The van der Waals surface area contributed by atoms with Crippen LogP contribution in [0.2, 0.25) is 0 Å². The van der Waals surface area contributed by atoms with E-state index in [9.17, 15) is 9.59 Å². The van der Waals surface area contributed by atoms with Crippen LogP contribution in [0.25, 0.3) is 0 Å². The van der Waals surface area contributed by atoms with E-state index in [0.29, 0.717) is 18.9 Å². The van der Waals surface area contributed by atoms with Crippen LogP contribution < -0.4 is 11.1 Å². The summed E-state index contributed by atoms with van der Waals surface area (Å²) in [6.45, 7) is 7.58. The van der Waals surface area contributed by atoms with E-state index < -0.39 is 18.1 Å². The van der Waals surface area contributed by atoms with Crippen LogP contribution in [-0.2, 0) is 14.3 Å². The highest BCUT2D eigenvalue weighted by Gasteiger charge is 2.21. The summed E-state index contributed by atoms with van der Waals surface area (Å²) < 4.78 is 4.77. The topological polar surface area (TPSA) is 81.4 Å².